The van der Waals surface area contributed by atoms with E-state index in [4.69, 9.17) is 9.47 Å². The van der Waals surface area contributed by atoms with E-state index in [9.17, 15) is 20.6 Å². The fourth-order valence-electron chi connectivity index (χ4n) is 7.95. The monoisotopic (exact) mass is 633 g/mol. The summed E-state index contributed by atoms with van der Waals surface area (Å²) in [5.74, 6) is 0. The smallest absolute Gasteiger partial charge is 0.126 e. The number of rotatable bonds is 17. The van der Waals surface area contributed by atoms with E-state index < -0.39 is 12.2 Å². The molecule has 2 unspecified atom stereocenters. The van der Waals surface area contributed by atoms with Gasteiger partial charge in [0.1, 0.15) is 25.3 Å². The van der Waals surface area contributed by atoms with Crippen molar-refractivity contribution in [1.29, 1.82) is 0 Å². The Labute approximate surface area is 270 Å². The molecule has 0 aliphatic carbocycles. The Morgan fingerprint density at radius 3 is 1.11 bits per heavy atom. The zero-order chi connectivity index (χ0) is 33.8. The number of nitrogens with zero attached hydrogens (tertiary/aromatic N) is 4. The molecule has 0 radical (unpaired) electrons. The van der Waals surface area contributed by atoms with E-state index in [1.165, 1.54) is 10.1 Å². The van der Waals surface area contributed by atoms with Gasteiger partial charge in [0.2, 0.25) is 0 Å². The molecule has 44 heavy (non-hydrogen) atoms. The summed E-state index contributed by atoms with van der Waals surface area (Å²) in [6.45, 7) is 20.3. The van der Waals surface area contributed by atoms with Crippen LogP contribution in [0.25, 0.3) is 0 Å². The van der Waals surface area contributed by atoms with Crippen molar-refractivity contribution in [1.82, 2.24) is 10.1 Å². The van der Waals surface area contributed by atoms with Crippen molar-refractivity contribution in [2.75, 3.05) is 67.6 Å². The highest BCUT2D eigenvalue weighted by Gasteiger charge is 2.46. The van der Waals surface area contributed by atoms with E-state index in [0.29, 0.717) is 26.3 Å². The number of hydrogen-bond donors (Lipinski definition) is 4. The molecule has 4 N–H and O–H groups in total. The first-order chi connectivity index (χ1) is 19.9. The Morgan fingerprint density at radius 2 is 0.841 bits per heavy atom. The third-order valence-corrected chi connectivity index (χ3v) is 9.94. The van der Waals surface area contributed by atoms with Crippen molar-refractivity contribution in [3.8, 4) is 0 Å². The predicted molar refractivity (Wildman–Crippen MR) is 176 cm³/mol. The summed E-state index contributed by atoms with van der Waals surface area (Å²) in [5, 5.41) is 45.5. The number of ether oxygens (including phenoxy) is 2. The molecular weight excluding hydrogens is 560 g/mol. The van der Waals surface area contributed by atoms with Crippen molar-refractivity contribution >= 4 is 0 Å². The van der Waals surface area contributed by atoms with Crippen LogP contribution in [0.4, 0.5) is 0 Å². The molecule has 2 saturated heterocycles. The zero-order valence-corrected chi connectivity index (χ0v) is 30.6. The molecule has 0 aromatic heterocycles. The van der Waals surface area contributed by atoms with E-state index in [1.54, 1.807) is 0 Å². The van der Waals surface area contributed by atoms with Crippen molar-refractivity contribution in [3.05, 3.63) is 0 Å². The molecule has 0 bridgehead atoms. The average molecular weight is 633 g/mol. The van der Waals surface area contributed by atoms with Crippen molar-refractivity contribution in [3.63, 3.8) is 0 Å². The molecule has 0 aromatic carbocycles. The summed E-state index contributed by atoms with van der Waals surface area (Å²) in [7, 11) is 8.72. The minimum atomic E-state index is -0.516. The number of quaternary nitrogens is 2. The van der Waals surface area contributed by atoms with Gasteiger partial charge in [0.15, 0.2) is 0 Å². The van der Waals surface area contributed by atoms with Crippen LogP contribution >= 0.6 is 0 Å². The highest BCUT2D eigenvalue weighted by Crippen LogP contribution is 2.39. The maximum absolute atomic E-state index is 10.8. The Kier molecular flexibility index (Phi) is 13.8. The highest BCUT2D eigenvalue weighted by molar-refractivity contribution is 4.97. The Bertz CT molecular complexity index is 772. The van der Waals surface area contributed by atoms with E-state index in [0.717, 1.165) is 73.4 Å². The maximum Gasteiger partial charge on any atom is 0.126 e. The van der Waals surface area contributed by atoms with Crippen LogP contribution in [-0.4, -0.2) is 154 Å². The molecule has 0 amide bonds. The van der Waals surface area contributed by atoms with E-state index >= 15 is 0 Å². The van der Waals surface area contributed by atoms with Crippen LogP contribution < -0.4 is 0 Å². The van der Waals surface area contributed by atoms with Gasteiger partial charge in [-0.05, 0) is 107 Å². The predicted octanol–water partition coefficient (Wildman–Crippen LogP) is 4.28. The van der Waals surface area contributed by atoms with E-state index in [2.05, 4.69) is 28.2 Å². The quantitative estimate of drug-likeness (QED) is 0.139. The Hall–Kier alpha value is -0.400. The SMILES string of the molecule is CC1(C)CC(OCC(O)C[N+](C)(C)CCCCCC[N+](C)(C)CC(O)COC2CC(C)(C)N(O)C(C)(C)C2)CC(C)(C)N1O. The first kappa shape index (κ1) is 39.8. The summed E-state index contributed by atoms with van der Waals surface area (Å²) in [6, 6.07) is 0. The lowest BCUT2D eigenvalue weighted by molar-refractivity contribution is -0.894. The molecule has 2 fully saturated rings. The summed E-state index contributed by atoms with van der Waals surface area (Å²) in [6.07, 6.45) is 6.49. The molecular formula is C34H72N4O6+2. The minimum absolute atomic E-state index is 0.0232. The maximum atomic E-state index is 10.8. The normalized spacial score (nSPS) is 24.8. The fourth-order valence-corrected chi connectivity index (χ4v) is 7.95. The summed E-state index contributed by atoms with van der Waals surface area (Å²) >= 11 is 0. The molecule has 10 nitrogen and oxygen atoms in total. The second-order valence-corrected chi connectivity index (χ2v) is 18.0. The third-order valence-electron chi connectivity index (χ3n) is 9.94. The number of unbranched alkanes of at least 4 members (excludes halogenated alkanes) is 3. The van der Waals surface area contributed by atoms with Gasteiger partial charge in [-0.25, -0.2) is 0 Å². The molecule has 262 valence electrons. The lowest BCUT2D eigenvalue weighted by atomic mass is 9.80. The number of piperidine rings is 2. The first-order valence-electron chi connectivity index (χ1n) is 17.1. The van der Waals surface area contributed by atoms with E-state index in [-0.39, 0.29) is 34.4 Å². The number of hydroxylamine groups is 4. The Balaban J connectivity index is 1.62. The standard InChI is InChI=1S/C34H72N4O6/c1-31(2)19-29(20-32(3,4)35(31)41)43-25-27(39)23-37(9,10)17-15-13-14-16-18-38(11,12)24-28(40)26-44-30-21-33(5,6)36(42)34(7,8)22-30/h27-30,39-42H,13-26H2,1-12H3/q+2. The van der Waals surface area contributed by atoms with Crippen molar-refractivity contribution < 1.29 is 39.1 Å². The van der Waals surface area contributed by atoms with Crippen LogP contribution in [0.15, 0.2) is 0 Å². The topological polar surface area (TPSA) is 106 Å². The molecule has 10 heteroatoms. The van der Waals surface area contributed by atoms with Gasteiger partial charge in [-0.2, -0.15) is 10.1 Å². The van der Waals surface area contributed by atoms with Gasteiger partial charge in [-0.1, -0.05) is 0 Å². The number of aliphatic hydroxyl groups is 2. The van der Waals surface area contributed by atoms with Crippen LogP contribution in [0, 0.1) is 0 Å². The van der Waals surface area contributed by atoms with Gasteiger partial charge in [0, 0.05) is 22.2 Å². The molecule has 0 saturated carbocycles. The lowest BCUT2D eigenvalue weighted by Crippen LogP contribution is -2.60. The van der Waals surface area contributed by atoms with Crippen LogP contribution in [0.5, 0.6) is 0 Å². The summed E-state index contributed by atoms with van der Waals surface area (Å²) in [4.78, 5) is 0. The van der Waals surface area contributed by atoms with E-state index in [1.807, 2.05) is 55.4 Å². The van der Waals surface area contributed by atoms with Gasteiger partial charge in [0.05, 0.1) is 66.7 Å². The average Bonchev–Trinajstić information content (AvgIpc) is 2.84. The van der Waals surface area contributed by atoms with Gasteiger partial charge in [-0.15, -0.1) is 0 Å². The highest BCUT2D eigenvalue weighted by atomic mass is 16.5. The number of hydrogen-bond acceptors (Lipinski definition) is 8. The summed E-state index contributed by atoms with van der Waals surface area (Å²) in [5.41, 5.74) is -1.43. The van der Waals surface area contributed by atoms with Gasteiger partial charge < -0.3 is 39.1 Å². The van der Waals surface area contributed by atoms with Gasteiger partial charge >= 0.3 is 0 Å². The fraction of sp³-hybridized carbons (Fsp3) is 1.00. The Morgan fingerprint density at radius 1 is 0.568 bits per heavy atom. The van der Waals surface area contributed by atoms with Gasteiger partial charge in [-0.3, -0.25) is 0 Å². The lowest BCUT2D eigenvalue weighted by Gasteiger charge is -2.51. The third kappa shape index (κ3) is 12.3. The second-order valence-electron chi connectivity index (χ2n) is 18.0. The molecule has 0 aromatic rings. The van der Waals surface area contributed by atoms with Crippen molar-refractivity contribution in [2.45, 2.75) is 153 Å². The second kappa shape index (κ2) is 15.2. The molecule has 2 atom stereocenters. The van der Waals surface area contributed by atoms with Crippen LogP contribution in [-0.2, 0) is 9.47 Å². The minimum Gasteiger partial charge on any atom is -0.385 e. The van der Waals surface area contributed by atoms with Gasteiger partial charge in [0.25, 0.3) is 0 Å². The summed E-state index contributed by atoms with van der Waals surface area (Å²) < 4.78 is 13.8. The first-order valence-corrected chi connectivity index (χ1v) is 17.1. The number of aliphatic hydroxyl groups excluding tert-OH is 2. The molecule has 2 aliphatic rings. The van der Waals surface area contributed by atoms with Crippen LogP contribution in [0.2, 0.25) is 0 Å². The molecule has 2 heterocycles. The largest absolute Gasteiger partial charge is 0.385 e. The van der Waals surface area contributed by atoms with Crippen LogP contribution in [0.1, 0.15) is 107 Å². The van der Waals surface area contributed by atoms with Crippen molar-refractivity contribution in [2.24, 2.45) is 0 Å². The van der Waals surface area contributed by atoms with Crippen LogP contribution in [0.3, 0.4) is 0 Å². The number of likely N-dealkylation sites (N-methyl/N-ethyl adjacent to an activating group) is 2. The molecule has 0 spiro atoms. The zero-order valence-electron chi connectivity index (χ0n) is 30.6. The molecule has 2 rings (SSSR count). The molecule has 2 aliphatic heterocycles.